The van der Waals surface area contributed by atoms with Crippen LogP contribution in [0.15, 0.2) is 42.5 Å². The smallest absolute Gasteiger partial charge is 0.254 e. The monoisotopic (exact) mass is 529 g/mol. The van der Waals surface area contributed by atoms with Crippen LogP contribution in [0, 0.1) is 12.8 Å². The van der Waals surface area contributed by atoms with Crippen LogP contribution in [0.1, 0.15) is 53.6 Å². The van der Waals surface area contributed by atoms with E-state index >= 15 is 0 Å². The summed E-state index contributed by atoms with van der Waals surface area (Å²) in [5.74, 6) is -0.0254. The maximum absolute atomic E-state index is 13.5. The zero-order chi connectivity index (χ0) is 26.0. The number of halogens is 2. The molecule has 2 saturated heterocycles. The van der Waals surface area contributed by atoms with Crippen molar-refractivity contribution in [2.45, 2.75) is 45.1 Å². The van der Waals surface area contributed by atoms with Gasteiger partial charge in [0.25, 0.3) is 5.91 Å². The Morgan fingerprint density at radius 2 is 1.58 bits per heavy atom. The number of nitrogens with zero attached hydrogens (tertiary/aromatic N) is 3. The molecule has 0 N–H and O–H groups in total. The first kappa shape index (κ1) is 26.5. The molecule has 0 aromatic heterocycles. The second-order valence-corrected chi connectivity index (χ2v) is 10.7. The molecule has 0 bridgehead atoms. The molecule has 4 rings (SSSR count). The fourth-order valence-electron chi connectivity index (χ4n) is 5.53. The third-order valence-electron chi connectivity index (χ3n) is 7.74. The van der Waals surface area contributed by atoms with Gasteiger partial charge in [0.05, 0.1) is 10.0 Å². The van der Waals surface area contributed by atoms with Gasteiger partial charge in [0.2, 0.25) is 11.8 Å². The maximum atomic E-state index is 13.5. The lowest BCUT2D eigenvalue weighted by Gasteiger charge is -2.44. The van der Waals surface area contributed by atoms with E-state index in [2.05, 4.69) is 0 Å². The van der Waals surface area contributed by atoms with Crippen molar-refractivity contribution in [1.29, 1.82) is 0 Å². The first-order valence-electron chi connectivity index (χ1n) is 12.5. The van der Waals surface area contributed by atoms with Crippen molar-refractivity contribution in [3.63, 3.8) is 0 Å². The van der Waals surface area contributed by atoms with E-state index < -0.39 is 0 Å². The molecular formula is C28H33Cl2N3O3. The number of carbonyl (C=O) groups is 3. The molecule has 8 heteroatoms. The summed E-state index contributed by atoms with van der Waals surface area (Å²) in [5.41, 5.74) is 2.58. The molecule has 2 heterocycles. The lowest BCUT2D eigenvalue weighted by Crippen LogP contribution is -2.53. The maximum Gasteiger partial charge on any atom is 0.254 e. The molecule has 2 aliphatic heterocycles. The predicted molar refractivity (Wildman–Crippen MR) is 142 cm³/mol. The number of piperidine rings is 2. The topological polar surface area (TPSA) is 60.9 Å². The molecule has 2 aromatic carbocycles. The van der Waals surface area contributed by atoms with Crippen molar-refractivity contribution in [1.82, 2.24) is 14.7 Å². The lowest BCUT2D eigenvalue weighted by atomic mass is 9.83. The Hall–Kier alpha value is -2.57. The van der Waals surface area contributed by atoms with Gasteiger partial charge in [0.15, 0.2) is 0 Å². The number of hydrogen-bond donors (Lipinski definition) is 0. The van der Waals surface area contributed by atoms with Gasteiger partial charge in [0.1, 0.15) is 0 Å². The molecule has 6 nitrogen and oxygen atoms in total. The van der Waals surface area contributed by atoms with Gasteiger partial charge in [-0.05, 0) is 55.5 Å². The van der Waals surface area contributed by atoms with Crippen LogP contribution in [-0.2, 0) is 9.59 Å². The van der Waals surface area contributed by atoms with Crippen molar-refractivity contribution >= 4 is 40.9 Å². The molecule has 2 fully saturated rings. The zero-order valence-corrected chi connectivity index (χ0v) is 22.6. The minimum atomic E-state index is -0.104. The summed E-state index contributed by atoms with van der Waals surface area (Å²) in [4.78, 5) is 44.2. The summed E-state index contributed by atoms with van der Waals surface area (Å²) in [6, 6.07) is 13.1. The quantitative estimate of drug-likeness (QED) is 0.558. The summed E-state index contributed by atoms with van der Waals surface area (Å²) >= 11 is 12.6. The third kappa shape index (κ3) is 5.55. The molecule has 0 saturated carbocycles. The summed E-state index contributed by atoms with van der Waals surface area (Å²) in [5, 5.41) is 0.933. The van der Waals surface area contributed by atoms with Crippen LogP contribution < -0.4 is 0 Å². The second-order valence-electron chi connectivity index (χ2n) is 9.93. The van der Waals surface area contributed by atoms with Crippen molar-refractivity contribution in [2.24, 2.45) is 5.92 Å². The number of hydrogen-bond acceptors (Lipinski definition) is 3. The van der Waals surface area contributed by atoms with Gasteiger partial charge in [-0.15, -0.1) is 0 Å². The van der Waals surface area contributed by atoms with Crippen molar-refractivity contribution < 1.29 is 14.4 Å². The van der Waals surface area contributed by atoms with Crippen molar-refractivity contribution in [3.05, 3.63) is 69.2 Å². The second kappa shape index (κ2) is 11.2. The molecule has 0 unspecified atom stereocenters. The Labute approximate surface area is 223 Å². The van der Waals surface area contributed by atoms with Gasteiger partial charge in [-0.2, -0.15) is 0 Å². The van der Waals surface area contributed by atoms with Crippen LogP contribution in [-0.4, -0.2) is 71.7 Å². The molecule has 192 valence electrons. The molecule has 3 amide bonds. The number of aryl methyl sites for hydroxylation is 1. The third-order valence-corrected chi connectivity index (χ3v) is 8.48. The van der Waals surface area contributed by atoms with Crippen LogP contribution in [0.4, 0.5) is 0 Å². The average molecular weight is 530 g/mol. The Balaban J connectivity index is 1.56. The number of amides is 3. The average Bonchev–Trinajstić information content (AvgIpc) is 2.89. The highest BCUT2D eigenvalue weighted by Crippen LogP contribution is 2.35. The van der Waals surface area contributed by atoms with Gasteiger partial charge in [-0.1, -0.05) is 47.5 Å². The van der Waals surface area contributed by atoms with E-state index in [0.29, 0.717) is 61.1 Å². The normalized spacial score (nSPS) is 20.8. The van der Waals surface area contributed by atoms with Crippen molar-refractivity contribution in [3.8, 4) is 0 Å². The minimum Gasteiger partial charge on any atom is -0.343 e. The van der Waals surface area contributed by atoms with E-state index in [1.807, 2.05) is 60.2 Å². The van der Waals surface area contributed by atoms with E-state index in [-0.39, 0.29) is 35.6 Å². The number of likely N-dealkylation sites (tertiary alicyclic amines) is 2. The summed E-state index contributed by atoms with van der Waals surface area (Å²) in [7, 11) is 1.85. The molecule has 2 aliphatic rings. The molecule has 2 aromatic rings. The van der Waals surface area contributed by atoms with Crippen LogP contribution in [0.2, 0.25) is 10.0 Å². The van der Waals surface area contributed by atoms with E-state index in [9.17, 15) is 14.4 Å². The van der Waals surface area contributed by atoms with Gasteiger partial charge >= 0.3 is 0 Å². The molecule has 2 atom stereocenters. The van der Waals surface area contributed by atoms with Crippen molar-refractivity contribution in [2.75, 3.05) is 33.2 Å². The standard InChI is InChI=1S/C28H33Cl2N3O3/c1-18-6-4-5-7-22(18)28(36)31(3)26-12-15-33(17-23(26)21-8-9-24(29)25(30)16-21)27(35)20-10-13-32(14-11-20)19(2)34/h4-9,16,20,23,26H,10-15,17H2,1-3H3/t23-,26+/m0/s1. The van der Waals surface area contributed by atoms with Crippen LogP contribution in [0.3, 0.4) is 0 Å². The van der Waals surface area contributed by atoms with Gasteiger partial charge in [-0.25, -0.2) is 0 Å². The Morgan fingerprint density at radius 3 is 2.22 bits per heavy atom. The van der Waals surface area contributed by atoms with Crippen LogP contribution in [0.5, 0.6) is 0 Å². The Morgan fingerprint density at radius 1 is 0.917 bits per heavy atom. The summed E-state index contributed by atoms with van der Waals surface area (Å²) in [6.45, 7) is 5.83. The highest BCUT2D eigenvalue weighted by atomic mass is 35.5. The number of rotatable bonds is 4. The van der Waals surface area contributed by atoms with Gasteiger partial charge in [-0.3, -0.25) is 14.4 Å². The number of benzene rings is 2. The fraction of sp³-hybridized carbons (Fsp3) is 0.464. The predicted octanol–water partition coefficient (Wildman–Crippen LogP) is 5.02. The van der Waals surface area contributed by atoms with E-state index in [1.54, 1.807) is 17.9 Å². The minimum absolute atomic E-state index is 0.0282. The molecule has 0 radical (unpaired) electrons. The Bertz CT molecular complexity index is 1150. The number of carbonyl (C=O) groups excluding carboxylic acids is 3. The zero-order valence-electron chi connectivity index (χ0n) is 21.0. The molecule has 0 aliphatic carbocycles. The molecule has 0 spiro atoms. The van der Waals surface area contributed by atoms with Crippen LogP contribution in [0.25, 0.3) is 0 Å². The van der Waals surface area contributed by atoms with E-state index in [0.717, 1.165) is 11.1 Å². The summed E-state index contributed by atoms with van der Waals surface area (Å²) in [6.07, 6.45) is 2.03. The fourth-order valence-corrected chi connectivity index (χ4v) is 5.83. The summed E-state index contributed by atoms with van der Waals surface area (Å²) < 4.78 is 0. The highest BCUT2D eigenvalue weighted by molar-refractivity contribution is 6.42. The van der Waals surface area contributed by atoms with E-state index in [1.165, 1.54) is 0 Å². The molecular weight excluding hydrogens is 497 g/mol. The van der Waals surface area contributed by atoms with E-state index in [4.69, 9.17) is 23.2 Å². The lowest BCUT2D eigenvalue weighted by molar-refractivity contribution is -0.141. The SMILES string of the molecule is CC(=O)N1CCC(C(=O)N2CC[C@@H](N(C)C(=O)c3ccccc3C)[C@H](c3ccc(Cl)c(Cl)c3)C2)CC1. The largest absolute Gasteiger partial charge is 0.343 e. The Kier molecular flexibility index (Phi) is 8.26. The number of likely N-dealkylation sites (N-methyl/N-ethyl adjacent to an activating group) is 1. The van der Waals surface area contributed by atoms with Gasteiger partial charge in [0, 0.05) is 63.6 Å². The molecule has 36 heavy (non-hydrogen) atoms. The first-order valence-corrected chi connectivity index (χ1v) is 13.2. The highest BCUT2D eigenvalue weighted by Gasteiger charge is 2.39. The van der Waals surface area contributed by atoms with Gasteiger partial charge < -0.3 is 14.7 Å². The van der Waals surface area contributed by atoms with Crippen LogP contribution >= 0.6 is 23.2 Å². The first-order chi connectivity index (χ1) is 17.2.